The number of hydrogen-bond donors (Lipinski definition) is 0. The first-order valence-corrected chi connectivity index (χ1v) is 9.25. The summed E-state index contributed by atoms with van der Waals surface area (Å²) in [5.41, 5.74) is 2.79. The average molecular weight is 399 g/mol. The molecular formula is C20H16ClFN4O2. The van der Waals surface area contributed by atoms with Crippen LogP contribution in [0.25, 0.3) is 16.6 Å². The van der Waals surface area contributed by atoms with Crippen LogP contribution in [0.15, 0.2) is 53.5 Å². The van der Waals surface area contributed by atoms with Crippen LogP contribution < -0.4 is 4.74 Å². The van der Waals surface area contributed by atoms with Gasteiger partial charge in [-0.2, -0.15) is 4.98 Å². The molecule has 0 bridgehead atoms. The summed E-state index contributed by atoms with van der Waals surface area (Å²) in [5, 5.41) is 5.27. The van der Waals surface area contributed by atoms with E-state index in [1.54, 1.807) is 6.07 Å². The van der Waals surface area contributed by atoms with Gasteiger partial charge in [0.1, 0.15) is 18.2 Å². The third kappa shape index (κ3) is 3.12. The van der Waals surface area contributed by atoms with Crippen molar-refractivity contribution in [1.29, 1.82) is 0 Å². The molecule has 3 heterocycles. The van der Waals surface area contributed by atoms with Crippen LogP contribution in [0, 0.1) is 5.82 Å². The fraction of sp³-hybridized carbons (Fsp3) is 0.200. The summed E-state index contributed by atoms with van der Waals surface area (Å²) in [6.45, 7) is 2.45. The largest absolute Gasteiger partial charge is 0.490 e. The van der Waals surface area contributed by atoms with Gasteiger partial charge in [0.15, 0.2) is 5.82 Å². The van der Waals surface area contributed by atoms with E-state index in [2.05, 4.69) is 21.1 Å². The molecule has 1 aliphatic rings. The second-order valence-electron chi connectivity index (χ2n) is 6.71. The molecule has 0 unspecified atom stereocenters. The Hall–Kier alpha value is -2.90. The molecule has 2 aromatic carbocycles. The molecule has 28 heavy (non-hydrogen) atoms. The van der Waals surface area contributed by atoms with E-state index in [1.807, 2.05) is 22.9 Å². The molecule has 142 valence electrons. The summed E-state index contributed by atoms with van der Waals surface area (Å²) in [6, 6.07) is 10.6. The van der Waals surface area contributed by atoms with Crippen molar-refractivity contribution in [1.82, 2.24) is 19.6 Å². The molecule has 0 radical (unpaired) electrons. The minimum atomic E-state index is -0.254. The second-order valence-corrected chi connectivity index (χ2v) is 7.12. The van der Waals surface area contributed by atoms with Gasteiger partial charge in [0.25, 0.3) is 0 Å². The monoisotopic (exact) mass is 398 g/mol. The molecule has 0 saturated carbocycles. The molecule has 5 rings (SSSR count). The quantitative estimate of drug-likeness (QED) is 0.517. The lowest BCUT2D eigenvalue weighted by Crippen LogP contribution is -2.25. The lowest BCUT2D eigenvalue weighted by Gasteiger charge is -2.17. The molecule has 0 atom stereocenters. The predicted molar refractivity (Wildman–Crippen MR) is 102 cm³/mol. The molecule has 6 nitrogen and oxygen atoms in total. The summed E-state index contributed by atoms with van der Waals surface area (Å²) in [7, 11) is 0. The van der Waals surface area contributed by atoms with Crippen LogP contribution >= 0.6 is 11.6 Å². The number of nitrogens with zero attached hydrogens (tertiary/aromatic N) is 4. The van der Waals surface area contributed by atoms with Gasteiger partial charge >= 0.3 is 0 Å². The van der Waals surface area contributed by atoms with Gasteiger partial charge in [-0.15, -0.1) is 0 Å². The number of ether oxygens (including phenoxy) is 1. The zero-order chi connectivity index (χ0) is 19.1. The van der Waals surface area contributed by atoms with Crippen LogP contribution in [0.2, 0.25) is 5.02 Å². The van der Waals surface area contributed by atoms with Gasteiger partial charge in [0.05, 0.1) is 17.1 Å². The summed E-state index contributed by atoms with van der Waals surface area (Å²) < 4.78 is 26.2. The smallest absolute Gasteiger partial charge is 0.213 e. The molecule has 0 fully saturated rings. The fourth-order valence-electron chi connectivity index (χ4n) is 3.59. The first-order chi connectivity index (χ1) is 13.7. The summed E-state index contributed by atoms with van der Waals surface area (Å²) in [6.07, 6.45) is 3.24. The van der Waals surface area contributed by atoms with E-state index in [-0.39, 0.29) is 5.82 Å². The number of fused-ring (bicyclic) bond motifs is 2. The summed E-state index contributed by atoms with van der Waals surface area (Å²) in [5.74, 6) is 1.07. The van der Waals surface area contributed by atoms with Gasteiger partial charge < -0.3 is 13.8 Å². The van der Waals surface area contributed by atoms with Crippen molar-refractivity contribution in [3.63, 3.8) is 0 Å². The van der Waals surface area contributed by atoms with Gasteiger partial charge in [0.2, 0.25) is 6.39 Å². The van der Waals surface area contributed by atoms with Crippen LogP contribution in [0.5, 0.6) is 5.75 Å². The molecule has 2 aromatic heterocycles. The molecule has 0 amide bonds. The molecule has 4 aromatic rings. The Morgan fingerprint density at radius 3 is 2.96 bits per heavy atom. The topological polar surface area (TPSA) is 56.3 Å². The molecular weight excluding hydrogens is 383 g/mol. The zero-order valence-corrected chi connectivity index (χ0v) is 15.6. The highest BCUT2D eigenvalue weighted by molar-refractivity contribution is 6.32. The van der Waals surface area contributed by atoms with Crippen LogP contribution in [-0.2, 0) is 13.1 Å². The summed E-state index contributed by atoms with van der Waals surface area (Å²) >= 11 is 6.55. The number of rotatable bonds is 3. The van der Waals surface area contributed by atoms with Crippen molar-refractivity contribution in [2.24, 2.45) is 0 Å². The molecule has 0 aliphatic carbocycles. The maximum atomic E-state index is 13.5. The van der Waals surface area contributed by atoms with Crippen LogP contribution in [0.1, 0.15) is 11.4 Å². The number of aromatic nitrogens is 3. The van der Waals surface area contributed by atoms with Gasteiger partial charge in [-0.3, -0.25) is 4.90 Å². The Balaban J connectivity index is 1.53. The van der Waals surface area contributed by atoms with E-state index in [9.17, 15) is 4.39 Å². The van der Waals surface area contributed by atoms with E-state index < -0.39 is 0 Å². The number of halogens is 2. The van der Waals surface area contributed by atoms with Gasteiger partial charge in [-0.25, -0.2) is 4.39 Å². The van der Waals surface area contributed by atoms with E-state index in [1.165, 1.54) is 18.5 Å². The highest BCUT2D eigenvalue weighted by Gasteiger charge is 2.21. The highest BCUT2D eigenvalue weighted by atomic mass is 35.5. The third-order valence-corrected chi connectivity index (χ3v) is 5.14. The van der Waals surface area contributed by atoms with E-state index in [0.29, 0.717) is 36.3 Å². The predicted octanol–water partition coefficient (Wildman–Crippen LogP) is 4.20. The Morgan fingerprint density at radius 2 is 2.11 bits per heavy atom. The summed E-state index contributed by atoms with van der Waals surface area (Å²) in [4.78, 5) is 6.27. The van der Waals surface area contributed by atoms with Crippen LogP contribution in [-0.4, -0.2) is 32.8 Å². The Morgan fingerprint density at radius 1 is 1.18 bits per heavy atom. The molecule has 8 heteroatoms. The molecule has 0 N–H and O–H groups in total. The van der Waals surface area contributed by atoms with Crippen molar-refractivity contribution in [3.8, 4) is 11.4 Å². The maximum absolute atomic E-state index is 13.5. The molecule has 1 aliphatic heterocycles. The lowest BCUT2D eigenvalue weighted by molar-refractivity contribution is 0.213. The molecule has 0 saturated heterocycles. The normalized spacial score (nSPS) is 14.6. The van der Waals surface area contributed by atoms with Crippen molar-refractivity contribution in [2.45, 2.75) is 13.1 Å². The van der Waals surface area contributed by atoms with E-state index in [0.717, 1.165) is 28.7 Å². The minimum absolute atomic E-state index is 0.254. The second kappa shape index (κ2) is 6.92. The minimum Gasteiger partial charge on any atom is -0.490 e. The van der Waals surface area contributed by atoms with Crippen LogP contribution in [0.3, 0.4) is 0 Å². The van der Waals surface area contributed by atoms with Gasteiger partial charge in [-0.05, 0) is 36.4 Å². The number of hydrogen-bond acceptors (Lipinski definition) is 5. The number of benzene rings is 2. The first-order valence-electron chi connectivity index (χ1n) is 8.87. The van der Waals surface area contributed by atoms with Gasteiger partial charge in [-0.1, -0.05) is 16.8 Å². The van der Waals surface area contributed by atoms with Crippen molar-refractivity contribution >= 4 is 22.5 Å². The van der Waals surface area contributed by atoms with Crippen molar-refractivity contribution in [2.75, 3.05) is 13.2 Å². The highest BCUT2D eigenvalue weighted by Crippen LogP contribution is 2.35. The lowest BCUT2D eigenvalue weighted by atomic mass is 10.1. The van der Waals surface area contributed by atoms with E-state index in [4.69, 9.17) is 20.9 Å². The standard InChI is InChI=1S/C20H16ClFN4O2/c21-17-9-16(26-4-3-13-7-15(22)1-2-18(13)26)8-14-10-25(5-6-27-20(14)17)11-19-23-12-28-24-19/h1-4,7-9,12H,5-6,10-11H2. The van der Waals surface area contributed by atoms with Crippen molar-refractivity contribution < 1.29 is 13.7 Å². The Bertz CT molecular complexity index is 1140. The van der Waals surface area contributed by atoms with E-state index >= 15 is 0 Å². The maximum Gasteiger partial charge on any atom is 0.213 e. The zero-order valence-electron chi connectivity index (χ0n) is 14.8. The van der Waals surface area contributed by atoms with Crippen LogP contribution in [0.4, 0.5) is 4.39 Å². The van der Waals surface area contributed by atoms with Crippen molar-refractivity contribution in [3.05, 3.63) is 71.2 Å². The third-order valence-electron chi connectivity index (χ3n) is 4.86. The average Bonchev–Trinajstić information content (AvgIpc) is 3.27. The molecule has 0 spiro atoms. The Labute approximate surface area is 165 Å². The fourth-order valence-corrected chi connectivity index (χ4v) is 3.87. The first kappa shape index (κ1) is 17.2. The SMILES string of the molecule is Fc1ccc2c(ccn2-c2cc(Cl)c3c(c2)CN(Cc2ncon2)CCO3)c1. The van der Waals surface area contributed by atoms with Gasteiger partial charge in [0, 0.05) is 35.9 Å². The Kier molecular flexibility index (Phi) is 4.26.